The number of ether oxygens (including phenoxy) is 2. The summed E-state index contributed by atoms with van der Waals surface area (Å²) in [6.45, 7) is 12.5. The topological polar surface area (TPSA) is 139 Å². The van der Waals surface area contributed by atoms with Gasteiger partial charge in [0.15, 0.2) is 0 Å². The molecule has 2 atom stereocenters. The first-order valence-electron chi connectivity index (χ1n) is 10.3. The van der Waals surface area contributed by atoms with E-state index < -0.39 is 28.5 Å². The summed E-state index contributed by atoms with van der Waals surface area (Å²) in [5.41, 5.74) is 4.17. The number of nitrogens with zero attached hydrogens (tertiary/aromatic N) is 2. The number of thioether (sulfide) groups is 2. The van der Waals surface area contributed by atoms with E-state index in [1.165, 1.54) is 33.3 Å². The van der Waals surface area contributed by atoms with Crippen molar-refractivity contribution in [3.05, 3.63) is 0 Å². The van der Waals surface area contributed by atoms with Crippen molar-refractivity contribution in [3.8, 4) is 0 Å². The maximum absolute atomic E-state index is 11.7. The highest BCUT2D eigenvalue weighted by atomic mass is 32.2. The first-order chi connectivity index (χ1) is 14.6. The molecule has 0 aromatic carbocycles. The van der Waals surface area contributed by atoms with Gasteiger partial charge in [-0.3, -0.25) is 9.59 Å². The number of amides is 3. The SMILES string of the molecule is CC(C)(C)OC(=O)N1CCSC(C(=O)O)C1.CC(C)(C)OC(=O)N1CCSC(C(N)=O)C1. The fraction of sp³-hybridized carbons (Fsp3) is 0.800. The number of rotatable bonds is 2. The van der Waals surface area contributed by atoms with Crippen molar-refractivity contribution in [3.63, 3.8) is 0 Å². The van der Waals surface area contributed by atoms with Gasteiger partial charge in [0.1, 0.15) is 21.7 Å². The van der Waals surface area contributed by atoms with Gasteiger partial charge in [0.05, 0.1) is 0 Å². The second kappa shape index (κ2) is 11.9. The number of hydrogen-bond donors (Lipinski definition) is 2. The largest absolute Gasteiger partial charge is 0.480 e. The van der Waals surface area contributed by atoms with Gasteiger partial charge in [0.25, 0.3) is 0 Å². The molecule has 184 valence electrons. The highest BCUT2D eigenvalue weighted by Crippen LogP contribution is 2.21. The summed E-state index contributed by atoms with van der Waals surface area (Å²) in [6.07, 6.45) is -0.807. The van der Waals surface area contributed by atoms with Gasteiger partial charge >= 0.3 is 18.2 Å². The van der Waals surface area contributed by atoms with E-state index >= 15 is 0 Å². The zero-order chi connectivity index (χ0) is 24.7. The first-order valence-corrected chi connectivity index (χ1v) is 12.4. The molecule has 0 aliphatic carbocycles. The lowest BCUT2D eigenvalue weighted by Gasteiger charge is -2.32. The van der Waals surface area contributed by atoms with Crippen molar-refractivity contribution in [2.24, 2.45) is 5.73 Å². The molecule has 32 heavy (non-hydrogen) atoms. The molecule has 0 aromatic heterocycles. The Morgan fingerprint density at radius 3 is 1.53 bits per heavy atom. The van der Waals surface area contributed by atoms with Crippen molar-refractivity contribution in [2.75, 3.05) is 37.7 Å². The van der Waals surface area contributed by atoms with Crippen LogP contribution in [0.15, 0.2) is 0 Å². The summed E-state index contributed by atoms with van der Waals surface area (Å²) >= 11 is 2.85. The Labute approximate surface area is 197 Å². The highest BCUT2D eigenvalue weighted by molar-refractivity contribution is 8.00. The molecule has 0 bridgehead atoms. The summed E-state index contributed by atoms with van der Waals surface area (Å²) in [7, 11) is 0. The molecule has 3 amide bonds. The number of carbonyl (C=O) groups excluding carboxylic acids is 3. The molecular weight excluding hydrogens is 458 g/mol. The predicted octanol–water partition coefficient (Wildman–Crippen LogP) is 2.25. The van der Waals surface area contributed by atoms with Gasteiger partial charge in [0.2, 0.25) is 5.91 Å². The second-order valence-electron chi connectivity index (χ2n) is 9.31. The van der Waals surface area contributed by atoms with E-state index in [0.717, 1.165) is 0 Å². The quantitative estimate of drug-likeness (QED) is 0.593. The molecule has 2 heterocycles. The lowest BCUT2D eigenvalue weighted by molar-refractivity contribution is -0.136. The summed E-state index contributed by atoms with van der Waals surface area (Å²) in [6, 6.07) is 0. The van der Waals surface area contributed by atoms with Gasteiger partial charge in [-0.15, -0.1) is 23.5 Å². The Morgan fingerprint density at radius 2 is 1.19 bits per heavy atom. The zero-order valence-electron chi connectivity index (χ0n) is 19.6. The molecule has 0 spiro atoms. The molecule has 12 heteroatoms. The Kier molecular flexibility index (Phi) is 10.5. The molecule has 10 nitrogen and oxygen atoms in total. The van der Waals surface area contributed by atoms with Gasteiger partial charge < -0.3 is 30.1 Å². The van der Waals surface area contributed by atoms with Gasteiger partial charge in [-0.25, -0.2) is 9.59 Å². The number of carbonyl (C=O) groups is 4. The minimum atomic E-state index is -0.877. The van der Waals surface area contributed by atoms with Crippen LogP contribution in [0.25, 0.3) is 0 Å². The van der Waals surface area contributed by atoms with Crippen LogP contribution in [-0.4, -0.2) is 98.4 Å². The molecule has 0 aromatic rings. The van der Waals surface area contributed by atoms with Crippen LogP contribution >= 0.6 is 23.5 Å². The molecule has 2 aliphatic heterocycles. The van der Waals surface area contributed by atoms with E-state index in [2.05, 4.69) is 0 Å². The Bertz CT molecular complexity index is 634. The standard InChI is InChI=1S/C10H18N2O3S.C10H17NO4S/c1-10(2,3)15-9(14)12-4-5-16-7(6-12)8(11)13;1-10(2,3)15-9(14)11-4-5-16-7(6-11)8(12)13/h7H,4-6H2,1-3H3,(H2,11,13);7H,4-6H2,1-3H3,(H,12,13). The number of aliphatic carboxylic acids is 1. The number of hydrogen-bond acceptors (Lipinski definition) is 8. The molecule has 2 unspecified atom stereocenters. The number of carboxylic acids is 1. The van der Waals surface area contributed by atoms with Crippen LogP contribution in [0.1, 0.15) is 41.5 Å². The lowest BCUT2D eigenvalue weighted by Crippen LogP contribution is -2.48. The van der Waals surface area contributed by atoms with Crippen LogP contribution in [0, 0.1) is 0 Å². The van der Waals surface area contributed by atoms with E-state index in [0.29, 0.717) is 31.1 Å². The van der Waals surface area contributed by atoms with Gasteiger partial charge in [-0.1, -0.05) is 0 Å². The van der Waals surface area contributed by atoms with E-state index in [9.17, 15) is 19.2 Å². The van der Waals surface area contributed by atoms with E-state index in [1.54, 1.807) is 20.8 Å². The van der Waals surface area contributed by atoms with Crippen molar-refractivity contribution in [1.29, 1.82) is 0 Å². The second-order valence-corrected chi connectivity index (χ2v) is 11.9. The lowest BCUT2D eigenvalue weighted by atomic mass is 10.2. The maximum Gasteiger partial charge on any atom is 0.410 e. The molecule has 2 saturated heterocycles. The van der Waals surface area contributed by atoms with Crippen LogP contribution in [0.2, 0.25) is 0 Å². The predicted molar refractivity (Wildman–Crippen MR) is 125 cm³/mol. The molecule has 2 aliphatic rings. The van der Waals surface area contributed by atoms with Crippen molar-refractivity contribution in [2.45, 2.75) is 63.2 Å². The number of carboxylic acid groups (broad SMARTS) is 1. The van der Waals surface area contributed by atoms with Gasteiger partial charge in [0, 0.05) is 37.7 Å². The maximum atomic E-state index is 11.7. The third-order valence-corrected chi connectivity index (χ3v) is 6.40. The van der Waals surface area contributed by atoms with E-state index in [4.69, 9.17) is 20.3 Å². The fourth-order valence-electron chi connectivity index (χ4n) is 2.60. The molecular formula is C20H35N3O7S2. The average Bonchev–Trinajstić information content (AvgIpc) is 2.66. The third kappa shape index (κ3) is 10.7. The smallest absolute Gasteiger partial charge is 0.410 e. The van der Waals surface area contributed by atoms with E-state index in [-0.39, 0.29) is 23.8 Å². The molecule has 0 radical (unpaired) electrons. The van der Waals surface area contributed by atoms with Crippen LogP contribution in [-0.2, 0) is 19.1 Å². The molecule has 2 fully saturated rings. The monoisotopic (exact) mass is 493 g/mol. The summed E-state index contributed by atoms with van der Waals surface area (Å²) < 4.78 is 10.4. The number of nitrogens with two attached hydrogens (primary N) is 1. The zero-order valence-corrected chi connectivity index (χ0v) is 21.2. The minimum absolute atomic E-state index is 0.217. The average molecular weight is 494 g/mol. The van der Waals surface area contributed by atoms with E-state index in [1.807, 2.05) is 20.8 Å². The fourth-order valence-corrected chi connectivity index (χ4v) is 4.70. The van der Waals surface area contributed by atoms with Crippen LogP contribution in [0.5, 0.6) is 0 Å². The Hall–Kier alpha value is -1.82. The molecule has 0 saturated carbocycles. The van der Waals surface area contributed by atoms with Crippen molar-refractivity contribution < 1.29 is 33.8 Å². The molecule has 2 rings (SSSR count). The van der Waals surface area contributed by atoms with Crippen LogP contribution in [0.3, 0.4) is 0 Å². The van der Waals surface area contributed by atoms with Crippen LogP contribution < -0.4 is 5.73 Å². The van der Waals surface area contributed by atoms with Gasteiger partial charge in [-0.2, -0.15) is 0 Å². The van der Waals surface area contributed by atoms with Gasteiger partial charge in [-0.05, 0) is 41.5 Å². The van der Waals surface area contributed by atoms with Crippen molar-refractivity contribution in [1.82, 2.24) is 9.80 Å². The first kappa shape index (κ1) is 28.2. The Balaban J connectivity index is 0.000000320. The minimum Gasteiger partial charge on any atom is -0.480 e. The highest BCUT2D eigenvalue weighted by Gasteiger charge is 2.32. The molecule has 3 N–H and O–H groups in total. The number of primary amides is 1. The summed E-state index contributed by atoms with van der Waals surface area (Å²) in [5, 5.41) is 8.01. The van der Waals surface area contributed by atoms with Crippen LogP contribution in [0.4, 0.5) is 9.59 Å². The normalized spacial score (nSPS) is 21.7. The summed E-state index contributed by atoms with van der Waals surface area (Å²) in [4.78, 5) is 48.2. The Morgan fingerprint density at radius 1 is 0.812 bits per heavy atom. The summed E-state index contributed by atoms with van der Waals surface area (Å²) in [5.74, 6) is 0.0970. The van der Waals surface area contributed by atoms with Crippen molar-refractivity contribution >= 4 is 47.6 Å². The third-order valence-electron chi connectivity index (χ3n) is 4.03.